The number of sulfone groups is 1. The van der Waals surface area contributed by atoms with Crippen LogP contribution in [0.1, 0.15) is 18.5 Å². The minimum absolute atomic E-state index is 0.0644. The molecule has 0 aliphatic carbocycles. The Morgan fingerprint density at radius 3 is 2.42 bits per heavy atom. The molecular weight excluding hydrogens is 564 g/mol. The van der Waals surface area contributed by atoms with Gasteiger partial charge < -0.3 is 24.7 Å². The summed E-state index contributed by atoms with van der Waals surface area (Å²) >= 11 is 0. The summed E-state index contributed by atoms with van der Waals surface area (Å²) < 4.78 is 113. The summed E-state index contributed by atoms with van der Waals surface area (Å²) in [7, 11) is -3.81. The number of aromatic nitrogens is 1. The molecule has 2 N–H and O–H groups in total. The molecule has 14 heteroatoms. The lowest BCUT2D eigenvalue weighted by molar-refractivity contribution is -0.274. The van der Waals surface area contributed by atoms with Crippen LogP contribution in [0.15, 0.2) is 47.4 Å². The van der Waals surface area contributed by atoms with Gasteiger partial charge in [-0.2, -0.15) is 13.2 Å². The summed E-state index contributed by atoms with van der Waals surface area (Å²) in [5.41, 5.74) is 0.850. The van der Waals surface area contributed by atoms with E-state index < -0.39 is 34.7 Å². The number of hydrogen-bond donors (Lipinski definition) is 2. The average Bonchev–Trinajstić information content (AvgIpc) is 3.18. The van der Waals surface area contributed by atoms with Gasteiger partial charge in [0, 0.05) is 42.7 Å². The van der Waals surface area contributed by atoms with E-state index >= 15 is 0 Å². The second-order valence-electron chi connectivity index (χ2n) is 9.13. The largest absolute Gasteiger partial charge is 0.573 e. The van der Waals surface area contributed by atoms with Gasteiger partial charge in [-0.1, -0.05) is 12.0 Å². The molecule has 0 bridgehead atoms. The highest BCUT2D eigenvalue weighted by atomic mass is 32.2. The predicted molar refractivity (Wildman–Crippen MR) is 137 cm³/mol. The van der Waals surface area contributed by atoms with Crippen molar-refractivity contribution in [2.24, 2.45) is 0 Å². The van der Waals surface area contributed by atoms with E-state index in [2.05, 4.69) is 27.2 Å². The van der Waals surface area contributed by atoms with Crippen molar-refractivity contribution < 1.29 is 44.2 Å². The number of benzene rings is 2. The van der Waals surface area contributed by atoms with E-state index in [9.17, 15) is 34.8 Å². The van der Waals surface area contributed by atoms with Gasteiger partial charge in [-0.3, -0.25) is 0 Å². The Balaban J connectivity index is 1.62. The highest BCUT2D eigenvalue weighted by Gasteiger charge is 2.33. The molecule has 2 aromatic carbocycles. The number of rotatable bonds is 7. The normalized spacial score (nSPS) is 15.0. The maximum Gasteiger partial charge on any atom is 0.573 e. The molecule has 3 aromatic rings. The average molecular weight is 590 g/mol. The molecule has 0 amide bonds. The van der Waals surface area contributed by atoms with Crippen LogP contribution in [0.4, 0.5) is 37.7 Å². The molecule has 0 atom stereocenters. The molecule has 1 aromatic heterocycles. The summed E-state index contributed by atoms with van der Waals surface area (Å²) in [6.45, 7) is -0.392. The molecule has 216 valence electrons. The smallest absolute Gasteiger partial charge is 0.404 e. The highest BCUT2D eigenvalue weighted by Crippen LogP contribution is 2.33. The van der Waals surface area contributed by atoms with Crippen LogP contribution in [0, 0.1) is 11.8 Å². The van der Waals surface area contributed by atoms with Crippen LogP contribution in [-0.4, -0.2) is 57.6 Å². The first kappa shape index (κ1) is 29.4. The molecule has 0 radical (unpaired) electrons. The zero-order chi connectivity index (χ0) is 29.1. The van der Waals surface area contributed by atoms with E-state index in [-0.39, 0.29) is 28.9 Å². The van der Waals surface area contributed by atoms with Gasteiger partial charge in [-0.15, -0.1) is 13.2 Å². The number of ether oxygens (including phenoxy) is 2. The van der Waals surface area contributed by atoms with Gasteiger partial charge in [0.25, 0.3) is 0 Å². The lowest BCUT2D eigenvalue weighted by Gasteiger charge is -2.24. The number of nitrogens with zero attached hydrogens (tertiary/aromatic N) is 1. The minimum atomic E-state index is -5.09. The van der Waals surface area contributed by atoms with E-state index in [1.807, 2.05) is 0 Å². The minimum Gasteiger partial charge on any atom is -0.404 e. The summed E-state index contributed by atoms with van der Waals surface area (Å²) in [4.78, 5) is -0.384. The van der Waals surface area contributed by atoms with Gasteiger partial charge >= 0.3 is 12.5 Å². The van der Waals surface area contributed by atoms with Crippen molar-refractivity contribution >= 4 is 32.1 Å². The van der Waals surface area contributed by atoms with Gasteiger partial charge in [0.05, 0.1) is 28.3 Å². The molecule has 1 fully saturated rings. The Hall–Kier alpha value is -3.57. The number of nitrogens with one attached hydrogen (secondary N) is 2. The molecule has 1 aliphatic rings. The molecule has 0 saturated carbocycles. The first-order valence-electron chi connectivity index (χ1n) is 12.1. The first-order valence-corrected chi connectivity index (χ1v) is 13.9. The molecule has 1 aliphatic heterocycles. The highest BCUT2D eigenvalue weighted by molar-refractivity contribution is 7.90. The van der Waals surface area contributed by atoms with Gasteiger partial charge in [0.15, 0.2) is 15.6 Å². The fraction of sp³-hybridized carbons (Fsp3) is 0.385. The van der Waals surface area contributed by atoms with Crippen molar-refractivity contribution in [3.63, 3.8) is 0 Å². The molecule has 0 unspecified atom stereocenters. The van der Waals surface area contributed by atoms with Crippen LogP contribution in [0.5, 0.6) is 5.75 Å². The Bertz CT molecular complexity index is 1530. The van der Waals surface area contributed by atoms with E-state index in [1.165, 1.54) is 6.07 Å². The lowest BCUT2D eigenvalue weighted by Crippen LogP contribution is -2.27. The zero-order valence-electron chi connectivity index (χ0n) is 21.1. The van der Waals surface area contributed by atoms with Crippen LogP contribution in [0.25, 0.3) is 10.9 Å². The Labute approximate surface area is 226 Å². The summed E-state index contributed by atoms with van der Waals surface area (Å²) in [5.74, 6) is 4.52. The quantitative estimate of drug-likeness (QED) is 0.278. The van der Waals surface area contributed by atoms with Crippen molar-refractivity contribution in [3.8, 4) is 17.6 Å². The molecule has 4 rings (SSSR count). The van der Waals surface area contributed by atoms with Crippen LogP contribution in [0.2, 0.25) is 0 Å². The Morgan fingerprint density at radius 2 is 1.77 bits per heavy atom. The predicted octanol–water partition coefficient (Wildman–Crippen LogP) is 5.56. The SMILES string of the molecule is CS(=O)(=O)c1ccc(NCC#Cc2cc3c(NC4CCOCC4)cccc3n2CC(F)(F)F)c(OC(F)(F)F)c1. The standard InChI is InChI=1S/C26H25F6N3O4S/c1-40(36,37)19-7-8-22(24(15-19)39-26(30,31)32)33-11-3-4-18-14-20-21(34-17-9-12-38-13-10-17)5-2-6-23(20)35(18)16-25(27,28)29/h2,5-8,14-15,17,33-34H,9-13,16H2,1H3. The third kappa shape index (κ3) is 7.76. The summed E-state index contributed by atoms with van der Waals surface area (Å²) in [5, 5.41) is 6.52. The Morgan fingerprint density at radius 1 is 1.05 bits per heavy atom. The van der Waals surface area contributed by atoms with Crippen molar-refractivity contribution in [3.05, 3.63) is 48.2 Å². The van der Waals surface area contributed by atoms with Crippen molar-refractivity contribution in [1.29, 1.82) is 0 Å². The third-order valence-electron chi connectivity index (χ3n) is 6.05. The molecule has 1 saturated heterocycles. The molecule has 0 spiro atoms. The Kier molecular flexibility index (Phi) is 8.46. The summed E-state index contributed by atoms with van der Waals surface area (Å²) in [6.07, 6.45) is -7.28. The van der Waals surface area contributed by atoms with E-state index in [0.29, 0.717) is 29.8 Å². The van der Waals surface area contributed by atoms with Crippen LogP contribution in [0.3, 0.4) is 0 Å². The van der Waals surface area contributed by atoms with Crippen LogP contribution in [-0.2, 0) is 21.1 Å². The molecule has 7 nitrogen and oxygen atoms in total. The molecule has 40 heavy (non-hydrogen) atoms. The lowest BCUT2D eigenvalue weighted by atomic mass is 10.1. The van der Waals surface area contributed by atoms with Gasteiger partial charge in [0.1, 0.15) is 6.54 Å². The van der Waals surface area contributed by atoms with Crippen molar-refractivity contribution in [2.75, 3.05) is 36.6 Å². The zero-order valence-corrected chi connectivity index (χ0v) is 21.9. The van der Waals surface area contributed by atoms with Gasteiger partial charge in [-0.05, 0) is 49.1 Å². The monoisotopic (exact) mass is 589 g/mol. The second kappa shape index (κ2) is 11.5. The van der Waals surface area contributed by atoms with E-state index in [1.54, 1.807) is 18.2 Å². The maximum absolute atomic E-state index is 13.4. The number of fused-ring (bicyclic) bond motifs is 1. The number of alkyl halides is 6. The van der Waals surface area contributed by atoms with Crippen LogP contribution < -0.4 is 15.4 Å². The topological polar surface area (TPSA) is 81.6 Å². The number of hydrogen-bond acceptors (Lipinski definition) is 6. The third-order valence-corrected chi connectivity index (χ3v) is 7.16. The number of anilines is 2. The van der Waals surface area contributed by atoms with Crippen molar-refractivity contribution in [2.45, 2.75) is 42.9 Å². The molecule has 2 heterocycles. The van der Waals surface area contributed by atoms with E-state index in [4.69, 9.17) is 4.74 Å². The molecular formula is C26H25F6N3O4S. The van der Waals surface area contributed by atoms with Crippen molar-refractivity contribution in [1.82, 2.24) is 4.57 Å². The van der Waals surface area contributed by atoms with Gasteiger partial charge in [0.2, 0.25) is 0 Å². The fourth-order valence-corrected chi connectivity index (χ4v) is 4.92. The number of halogens is 6. The van der Waals surface area contributed by atoms with Gasteiger partial charge in [-0.25, -0.2) is 8.42 Å². The van der Waals surface area contributed by atoms with Crippen LogP contribution >= 0.6 is 0 Å². The fourth-order valence-electron chi connectivity index (χ4n) is 4.29. The second-order valence-corrected chi connectivity index (χ2v) is 11.1. The first-order chi connectivity index (χ1) is 18.7. The summed E-state index contributed by atoms with van der Waals surface area (Å²) in [6, 6.07) is 9.54. The van der Waals surface area contributed by atoms with E-state index in [0.717, 1.165) is 41.9 Å². The maximum atomic E-state index is 13.4.